The molecule has 0 radical (unpaired) electrons. The van der Waals surface area contributed by atoms with Crippen LogP contribution < -0.4 is 5.32 Å². The Morgan fingerprint density at radius 2 is 2.12 bits per heavy atom. The molecule has 1 amide bonds. The number of benzene rings is 1. The number of hydrogen-bond acceptors (Lipinski definition) is 2. The maximum Gasteiger partial charge on any atom is 0.433 e. The van der Waals surface area contributed by atoms with Crippen molar-refractivity contribution in [1.82, 2.24) is 15.1 Å². The van der Waals surface area contributed by atoms with Crippen molar-refractivity contribution in [1.29, 1.82) is 0 Å². The van der Waals surface area contributed by atoms with Gasteiger partial charge < -0.3 is 5.32 Å². The highest BCUT2D eigenvalue weighted by molar-refractivity contribution is 5.95. The third kappa shape index (κ3) is 3.02. The molecule has 2 aromatic rings. The average Bonchev–Trinajstić information content (AvgIpc) is 3.00. The number of hydrogen-bond donors (Lipinski definition) is 1. The average molecular weight is 337 g/mol. The molecule has 1 heterocycles. The zero-order valence-electron chi connectivity index (χ0n) is 13.2. The van der Waals surface area contributed by atoms with E-state index in [4.69, 9.17) is 0 Å². The highest BCUT2D eigenvalue weighted by Crippen LogP contribution is 2.33. The Bertz CT molecular complexity index is 752. The Morgan fingerprint density at radius 3 is 2.83 bits per heavy atom. The molecule has 4 nitrogen and oxygen atoms in total. The van der Waals surface area contributed by atoms with E-state index >= 15 is 0 Å². The first kappa shape index (κ1) is 16.5. The van der Waals surface area contributed by atoms with Crippen LogP contribution in [0.25, 0.3) is 0 Å². The minimum atomic E-state index is -4.62. The van der Waals surface area contributed by atoms with Gasteiger partial charge in [-0.05, 0) is 37.3 Å². The monoisotopic (exact) mass is 337 g/mol. The van der Waals surface area contributed by atoms with E-state index in [2.05, 4.69) is 10.4 Å². The number of nitrogens with one attached hydrogen (secondary N) is 1. The van der Waals surface area contributed by atoms with Crippen molar-refractivity contribution in [3.63, 3.8) is 0 Å². The summed E-state index contributed by atoms with van der Waals surface area (Å²) >= 11 is 0. The number of fused-ring (bicyclic) bond motifs is 1. The lowest BCUT2D eigenvalue weighted by atomic mass is 9.87. The lowest BCUT2D eigenvalue weighted by Crippen LogP contribution is -2.32. The summed E-state index contributed by atoms with van der Waals surface area (Å²) in [6, 6.07) is 7.44. The smallest absolute Gasteiger partial charge is 0.345 e. The van der Waals surface area contributed by atoms with E-state index in [9.17, 15) is 18.0 Å². The molecule has 0 saturated carbocycles. The van der Waals surface area contributed by atoms with Gasteiger partial charge in [-0.2, -0.15) is 18.3 Å². The molecule has 24 heavy (non-hydrogen) atoms. The van der Waals surface area contributed by atoms with Crippen LogP contribution in [-0.2, 0) is 19.1 Å². The lowest BCUT2D eigenvalue weighted by Gasteiger charge is -2.26. The molecule has 0 spiro atoms. The number of rotatable bonds is 3. The van der Waals surface area contributed by atoms with Crippen LogP contribution in [0.2, 0.25) is 0 Å². The second-order valence-electron chi connectivity index (χ2n) is 5.84. The normalized spacial score (nSPS) is 17.4. The van der Waals surface area contributed by atoms with Crippen LogP contribution in [0.3, 0.4) is 0 Å². The fraction of sp³-hybridized carbons (Fsp3) is 0.412. The third-order valence-electron chi connectivity index (χ3n) is 4.33. The van der Waals surface area contributed by atoms with E-state index in [0.717, 1.165) is 34.8 Å². The number of aryl methyl sites for hydroxylation is 2. The van der Waals surface area contributed by atoms with Crippen LogP contribution in [-0.4, -0.2) is 15.7 Å². The highest BCUT2D eigenvalue weighted by atomic mass is 19.4. The van der Waals surface area contributed by atoms with Gasteiger partial charge in [0.2, 0.25) is 0 Å². The van der Waals surface area contributed by atoms with E-state index in [0.29, 0.717) is 6.42 Å². The van der Waals surface area contributed by atoms with Gasteiger partial charge in [0.15, 0.2) is 5.69 Å². The van der Waals surface area contributed by atoms with Gasteiger partial charge >= 0.3 is 6.18 Å². The largest absolute Gasteiger partial charge is 0.433 e. The van der Waals surface area contributed by atoms with E-state index in [1.54, 1.807) is 6.92 Å². The van der Waals surface area contributed by atoms with Gasteiger partial charge in [0, 0.05) is 6.54 Å². The summed E-state index contributed by atoms with van der Waals surface area (Å²) in [6.07, 6.45) is -1.10. The van der Waals surface area contributed by atoms with Crippen LogP contribution in [0.15, 0.2) is 30.5 Å². The molecule has 1 aliphatic rings. The first-order chi connectivity index (χ1) is 11.4. The SMILES string of the molecule is CCn1ncc(C(=O)N[C@@H]2CCCc3ccccc32)c1C(F)(F)F. The molecule has 1 atom stereocenters. The fourth-order valence-corrected chi connectivity index (χ4v) is 3.23. The third-order valence-corrected chi connectivity index (χ3v) is 4.33. The van der Waals surface area contributed by atoms with E-state index in [-0.39, 0.29) is 12.6 Å². The number of aromatic nitrogens is 2. The zero-order valence-corrected chi connectivity index (χ0v) is 13.2. The van der Waals surface area contributed by atoms with Crippen LogP contribution in [0.1, 0.15) is 53.0 Å². The Labute approximate surface area is 137 Å². The summed E-state index contributed by atoms with van der Waals surface area (Å²) in [5.41, 5.74) is 0.696. The molecule has 128 valence electrons. The number of alkyl halides is 3. The molecule has 0 fully saturated rings. The molecule has 1 aromatic carbocycles. The fourth-order valence-electron chi connectivity index (χ4n) is 3.23. The molecule has 0 unspecified atom stereocenters. The summed E-state index contributed by atoms with van der Waals surface area (Å²) in [5, 5.41) is 6.44. The Balaban J connectivity index is 1.88. The first-order valence-corrected chi connectivity index (χ1v) is 7.93. The molecule has 1 N–H and O–H groups in total. The van der Waals surface area contributed by atoms with Gasteiger partial charge in [-0.15, -0.1) is 0 Å². The van der Waals surface area contributed by atoms with Crippen LogP contribution in [0.5, 0.6) is 0 Å². The van der Waals surface area contributed by atoms with Crippen molar-refractivity contribution >= 4 is 5.91 Å². The molecule has 0 saturated heterocycles. The predicted octanol–water partition coefficient (Wildman–Crippen LogP) is 3.73. The van der Waals surface area contributed by atoms with Gasteiger partial charge in [-0.25, -0.2) is 0 Å². The minimum Gasteiger partial charge on any atom is -0.345 e. The molecule has 1 aliphatic carbocycles. The summed E-state index contributed by atoms with van der Waals surface area (Å²) in [5.74, 6) is -0.733. The maximum atomic E-state index is 13.3. The Hall–Kier alpha value is -2.31. The lowest BCUT2D eigenvalue weighted by molar-refractivity contribution is -0.144. The summed E-state index contributed by atoms with van der Waals surface area (Å²) in [4.78, 5) is 12.5. The number of carbonyl (C=O) groups excluding carboxylic acids is 1. The topological polar surface area (TPSA) is 46.9 Å². The Morgan fingerprint density at radius 1 is 1.38 bits per heavy atom. The zero-order chi connectivity index (χ0) is 17.3. The molecule has 1 aromatic heterocycles. The quantitative estimate of drug-likeness (QED) is 0.928. The number of carbonyl (C=O) groups is 1. The molecule has 0 bridgehead atoms. The van der Waals surface area contributed by atoms with E-state index in [1.165, 1.54) is 0 Å². The van der Waals surface area contributed by atoms with Crippen LogP contribution in [0.4, 0.5) is 13.2 Å². The minimum absolute atomic E-state index is 0.0500. The molecular formula is C17H18F3N3O. The van der Waals surface area contributed by atoms with Crippen molar-refractivity contribution in [2.24, 2.45) is 0 Å². The van der Waals surface area contributed by atoms with Crippen molar-refractivity contribution < 1.29 is 18.0 Å². The van der Waals surface area contributed by atoms with E-state index < -0.39 is 23.3 Å². The summed E-state index contributed by atoms with van der Waals surface area (Å²) < 4.78 is 40.6. The van der Waals surface area contributed by atoms with Crippen molar-refractivity contribution in [3.8, 4) is 0 Å². The number of amides is 1. The van der Waals surface area contributed by atoms with Gasteiger partial charge in [0.05, 0.1) is 17.8 Å². The number of halogens is 3. The Kier molecular flexibility index (Phi) is 4.34. The molecule has 7 heteroatoms. The first-order valence-electron chi connectivity index (χ1n) is 7.93. The highest BCUT2D eigenvalue weighted by Gasteiger charge is 2.40. The van der Waals surface area contributed by atoms with Gasteiger partial charge in [-0.1, -0.05) is 24.3 Å². The standard InChI is InChI=1S/C17H18F3N3O/c1-2-23-15(17(18,19)20)13(10-21-23)16(24)22-14-9-5-7-11-6-3-4-8-12(11)14/h3-4,6,8,10,14H,2,5,7,9H2,1H3,(H,22,24)/t14-/m1/s1. The molecule has 3 rings (SSSR count). The second-order valence-corrected chi connectivity index (χ2v) is 5.84. The van der Waals surface area contributed by atoms with Gasteiger partial charge in [-0.3, -0.25) is 9.48 Å². The van der Waals surface area contributed by atoms with Crippen LogP contribution >= 0.6 is 0 Å². The molecule has 0 aliphatic heterocycles. The predicted molar refractivity (Wildman–Crippen MR) is 82.5 cm³/mol. The molecular weight excluding hydrogens is 319 g/mol. The maximum absolute atomic E-state index is 13.3. The van der Waals surface area contributed by atoms with Crippen molar-refractivity contribution in [2.75, 3.05) is 0 Å². The van der Waals surface area contributed by atoms with Crippen molar-refractivity contribution in [2.45, 2.75) is 44.9 Å². The van der Waals surface area contributed by atoms with Gasteiger partial charge in [0.25, 0.3) is 5.91 Å². The second kappa shape index (κ2) is 6.30. The van der Waals surface area contributed by atoms with Gasteiger partial charge in [0.1, 0.15) is 0 Å². The van der Waals surface area contributed by atoms with E-state index in [1.807, 2.05) is 24.3 Å². The summed E-state index contributed by atoms with van der Waals surface area (Å²) in [6.45, 7) is 1.61. The summed E-state index contributed by atoms with van der Waals surface area (Å²) in [7, 11) is 0. The van der Waals surface area contributed by atoms with Crippen molar-refractivity contribution in [3.05, 3.63) is 52.8 Å². The number of nitrogens with zero attached hydrogens (tertiary/aromatic N) is 2. The van der Waals surface area contributed by atoms with Crippen LogP contribution in [0, 0.1) is 0 Å².